The number of imidazole rings is 1. The Morgan fingerprint density at radius 1 is 1.32 bits per heavy atom. The van der Waals surface area contributed by atoms with Crippen LogP contribution in [0.3, 0.4) is 0 Å². The van der Waals surface area contributed by atoms with Crippen molar-refractivity contribution < 1.29 is 8.78 Å². The van der Waals surface area contributed by atoms with Gasteiger partial charge in [0.1, 0.15) is 17.5 Å². The van der Waals surface area contributed by atoms with Crippen molar-refractivity contribution in [3.63, 3.8) is 0 Å². The molecule has 0 spiro atoms. The zero-order valence-corrected chi connectivity index (χ0v) is 10.7. The number of fused-ring (bicyclic) bond motifs is 1. The van der Waals surface area contributed by atoms with Gasteiger partial charge in [0.2, 0.25) is 0 Å². The predicted octanol–water partition coefficient (Wildman–Crippen LogP) is 2.41. The summed E-state index contributed by atoms with van der Waals surface area (Å²) >= 11 is 0. The Morgan fingerprint density at radius 3 is 2.89 bits per heavy atom. The summed E-state index contributed by atoms with van der Waals surface area (Å²) in [5.41, 5.74) is 6.87. The van der Waals surface area contributed by atoms with E-state index in [0.29, 0.717) is 17.8 Å². The first kappa shape index (κ1) is 12.3. The van der Waals surface area contributed by atoms with Gasteiger partial charge in [-0.1, -0.05) is 0 Å². The van der Waals surface area contributed by atoms with Gasteiger partial charge < -0.3 is 10.3 Å². The molecule has 0 aliphatic carbocycles. The van der Waals surface area contributed by atoms with E-state index in [9.17, 15) is 8.78 Å². The summed E-state index contributed by atoms with van der Waals surface area (Å²) < 4.78 is 29.4. The maximum absolute atomic E-state index is 13.9. The summed E-state index contributed by atoms with van der Waals surface area (Å²) in [7, 11) is 0. The van der Waals surface area contributed by atoms with Crippen molar-refractivity contribution >= 4 is 0 Å². The molecule has 3 rings (SSSR count). The molecule has 1 aromatic carbocycles. The molecule has 3 nitrogen and oxygen atoms in total. The van der Waals surface area contributed by atoms with E-state index < -0.39 is 11.6 Å². The first-order valence-corrected chi connectivity index (χ1v) is 6.32. The van der Waals surface area contributed by atoms with Crippen molar-refractivity contribution in [1.82, 2.24) is 9.55 Å². The highest BCUT2D eigenvalue weighted by Crippen LogP contribution is 2.26. The fourth-order valence-electron chi connectivity index (χ4n) is 2.44. The molecular weight excluding hydrogens is 248 g/mol. The van der Waals surface area contributed by atoms with E-state index in [1.54, 1.807) is 13.1 Å². The molecule has 2 aromatic rings. The number of nitrogens with zero attached hydrogens (tertiary/aromatic N) is 2. The van der Waals surface area contributed by atoms with Crippen LogP contribution in [0.1, 0.15) is 17.8 Å². The highest BCUT2D eigenvalue weighted by Gasteiger charge is 2.19. The van der Waals surface area contributed by atoms with Crippen molar-refractivity contribution in [1.29, 1.82) is 0 Å². The lowest BCUT2D eigenvalue weighted by molar-refractivity contribution is 0.453. The van der Waals surface area contributed by atoms with E-state index >= 15 is 0 Å². The van der Waals surface area contributed by atoms with Crippen molar-refractivity contribution in [2.75, 3.05) is 0 Å². The lowest BCUT2D eigenvalue weighted by Gasteiger charge is -2.19. The quantitative estimate of drug-likeness (QED) is 0.858. The molecule has 0 radical (unpaired) electrons. The van der Waals surface area contributed by atoms with Crippen LogP contribution in [0.4, 0.5) is 8.78 Å². The van der Waals surface area contributed by atoms with Crippen molar-refractivity contribution in [3.05, 3.63) is 41.4 Å². The summed E-state index contributed by atoms with van der Waals surface area (Å²) in [4.78, 5) is 4.39. The number of benzene rings is 1. The van der Waals surface area contributed by atoms with Crippen LogP contribution in [-0.4, -0.2) is 15.6 Å². The predicted molar refractivity (Wildman–Crippen MR) is 68.6 cm³/mol. The Hall–Kier alpha value is -1.75. The third-order valence-corrected chi connectivity index (χ3v) is 3.55. The molecule has 0 bridgehead atoms. The summed E-state index contributed by atoms with van der Waals surface area (Å²) in [6, 6.07) is 2.52. The highest BCUT2D eigenvalue weighted by atomic mass is 19.1. The first-order chi connectivity index (χ1) is 9.04. The van der Waals surface area contributed by atoms with Gasteiger partial charge in [-0.15, -0.1) is 0 Å². The molecule has 1 aromatic heterocycles. The maximum Gasteiger partial charge on any atom is 0.133 e. The normalized spacial score (nSPS) is 18.4. The number of rotatable bonds is 1. The van der Waals surface area contributed by atoms with E-state index in [1.165, 1.54) is 12.1 Å². The molecule has 0 saturated carbocycles. The minimum Gasteiger partial charge on any atom is -0.333 e. The van der Waals surface area contributed by atoms with Gasteiger partial charge in [-0.2, -0.15) is 0 Å². The van der Waals surface area contributed by atoms with Gasteiger partial charge in [-0.25, -0.2) is 13.8 Å². The van der Waals surface area contributed by atoms with Crippen LogP contribution in [-0.2, 0) is 13.0 Å². The van der Waals surface area contributed by atoms with Gasteiger partial charge in [0.05, 0.1) is 5.69 Å². The van der Waals surface area contributed by atoms with Crippen molar-refractivity contribution in [2.24, 2.45) is 5.73 Å². The Balaban J connectivity index is 2.06. The highest BCUT2D eigenvalue weighted by molar-refractivity contribution is 5.60. The molecule has 2 N–H and O–H groups in total. The lowest BCUT2D eigenvalue weighted by atomic mass is 10.1. The molecule has 1 aliphatic heterocycles. The summed E-state index contributed by atoms with van der Waals surface area (Å²) in [5, 5.41) is 0. The Labute approximate surface area is 110 Å². The van der Waals surface area contributed by atoms with Crippen molar-refractivity contribution in [2.45, 2.75) is 32.4 Å². The lowest BCUT2D eigenvalue weighted by Crippen LogP contribution is -2.31. The largest absolute Gasteiger partial charge is 0.333 e. The third kappa shape index (κ3) is 2.14. The van der Waals surface area contributed by atoms with Crippen LogP contribution in [0.2, 0.25) is 0 Å². The van der Waals surface area contributed by atoms with Gasteiger partial charge >= 0.3 is 0 Å². The molecule has 5 heteroatoms. The molecule has 0 amide bonds. The molecule has 1 unspecified atom stereocenters. The zero-order chi connectivity index (χ0) is 13.6. The molecule has 100 valence electrons. The monoisotopic (exact) mass is 263 g/mol. The molecule has 1 atom stereocenters. The number of aromatic nitrogens is 2. The minimum atomic E-state index is -0.446. The van der Waals surface area contributed by atoms with Gasteiger partial charge in [-0.3, -0.25) is 0 Å². The molecule has 2 heterocycles. The van der Waals surface area contributed by atoms with Crippen LogP contribution in [0, 0.1) is 18.6 Å². The Morgan fingerprint density at radius 2 is 2.11 bits per heavy atom. The first-order valence-electron chi connectivity index (χ1n) is 6.32. The average molecular weight is 263 g/mol. The summed E-state index contributed by atoms with van der Waals surface area (Å²) in [6.45, 7) is 2.22. The zero-order valence-electron chi connectivity index (χ0n) is 10.7. The number of halogens is 2. The second-order valence-corrected chi connectivity index (χ2v) is 5.07. The number of aryl methyl sites for hydroxylation is 2. The van der Waals surface area contributed by atoms with E-state index in [-0.39, 0.29) is 11.6 Å². The molecular formula is C14H15F2N3. The van der Waals surface area contributed by atoms with Crippen LogP contribution < -0.4 is 5.73 Å². The summed E-state index contributed by atoms with van der Waals surface area (Å²) in [6.07, 6.45) is 3.40. The maximum atomic E-state index is 13.9. The van der Waals surface area contributed by atoms with E-state index in [0.717, 1.165) is 18.7 Å². The second kappa shape index (κ2) is 4.42. The minimum absolute atomic E-state index is 0.106. The molecule has 1 aliphatic rings. The average Bonchev–Trinajstić information content (AvgIpc) is 2.76. The van der Waals surface area contributed by atoms with E-state index in [1.807, 2.05) is 4.57 Å². The van der Waals surface area contributed by atoms with Crippen LogP contribution in [0.15, 0.2) is 18.3 Å². The smallest absolute Gasteiger partial charge is 0.133 e. The standard InChI is InChI=1S/C14H15F2N3/c1-8-4-12(16)10(5-11(8)15)13-7-19-6-9(17)2-3-14(19)18-13/h4-5,7,9H,2-3,6,17H2,1H3. The SMILES string of the molecule is Cc1cc(F)c(-c2cn3c(n2)CCC(N)C3)cc1F. The van der Waals surface area contributed by atoms with Gasteiger partial charge in [0, 0.05) is 30.8 Å². The molecule has 0 fully saturated rings. The van der Waals surface area contributed by atoms with Crippen LogP contribution >= 0.6 is 0 Å². The second-order valence-electron chi connectivity index (χ2n) is 5.07. The molecule has 19 heavy (non-hydrogen) atoms. The van der Waals surface area contributed by atoms with E-state index in [4.69, 9.17) is 5.73 Å². The Kier molecular flexibility index (Phi) is 2.86. The van der Waals surface area contributed by atoms with Gasteiger partial charge in [-0.05, 0) is 31.0 Å². The van der Waals surface area contributed by atoms with E-state index in [2.05, 4.69) is 4.98 Å². The number of hydrogen-bond donors (Lipinski definition) is 1. The number of hydrogen-bond acceptors (Lipinski definition) is 2. The van der Waals surface area contributed by atoms with Crippen LogP contribution in [0.5, 0.6) is 0 Å². The Bertz CT molecular complexity index is 634. The fourth-order valence-corrected chi connectivity index (χ4v) is 2.44. The van der Waals surface area contributed by atoms with Gasteiger partial charge in [0.15, 0.2) is 0 Å². The fraction of sp³-hybridized carbons (Fsp3) is 0.357. The number of nitrogens with two attached hydrogens (primary N) is 1. The summed E-state index contributed by atoms with van der Waals surface area (Å²) in [5.74, 6) is 0.0230. The topological polar surface area (TPSA) is 43.8 Å². The third-order valence-electron chi connectivity index (χ3n) is 3.55. The van der Waals surface area contributed by atoms with Crippen LogP contribution in [0.25, 0.3) is 11.3 Å². The van der Waals surface area contributed by atoms with Crippen molar-refractivity contribution in [3.8, 4) is 11.3 Å². The van der Waals surface area contributed by atoms with Gasteiger partial charge in [0.25, 0.3) is 0 Å². The molecule has 0 saturated heterocycles.